The van der Waals surface area contributed by atoms with Gasteiger partial charge in [-0.15, -0.1) is 0 Å². The summed E-state index contributed by atoms with van der Waals surface area (Å²) in [6.45, 7) is 10.2. The third kappa shape index (κ3) is 3.22. The first-order valence-corrected chi connectivity index (χ1v) is 8.85. The van der Waals surface area contributed by atoms with Crippen molar-refractivity contribution in [3.05, 3.63) is 11.9 Å². The smallest absolute Gasteiger partial charge is 0.321 e. The van der Waals surface area contributed by atoms with Crippen LogP contribution in [-0.2, 0) is 0 Å². The van der Waals surface area contributed by atoms with E-state index in [4.69, 9.17) is 0 Å². The minimum atomic E-state index is 0.0206. The van der Waals surface area contributed by atoms with E-state index in [0.29, 0.717) is 11.5 Å². The normalized spacial score (nSPS) is 21.6. The number of carbonyl (C=O) groups excluding carboxylic acids is 1. The second-order valence-corrected chi connectivity index (χ2v) is 7.20. The van der Waals surface area contributed by atoms with Crippen LogP contribution in [0.15, 0.2) is 6.20 Å². The summed E-state index contributed by atoms with van der Waals surface area (Å²) in [6.07, 6.45) is 6.30. The van der Waals surface area contributed by atoms with E-state index in [1.807, 2.05) is 16.5 Å². The molecule has 1 aromatic rings. The predicted octanol–water partition coefficient (Wildman–Crippen LogP) is 2.77. The fourth-order valence-electron chi connectivity index (χ4n) is 3.83. The Labute approximate surface area is 138 Å². The van der Waals surface area contributed by atoms with Crippen molar-refractivity contribution < 1.29 is 4.79 Å². The van der Waals surface area contributed by atoms with Gasteiger partial charge in [-0.3, -0.25) is 4.68 Å². The van der Waals surface area contributed by atoms with Crippen molar-refractivity contribution in [1.82, 2.24) is 20.0 Å². The van der Waals surface area contributed by atoms with Gasteiger partial charge in [-0.2, -0.15) is 5.10 Å². The molecule has 0 saturated carbocycles. The predicted molar refractivity (Wildman–Crippen MR) is 91.7 cm³/mol. The Morgan fingerprint density at radius 2 is 2.17 bits per heavy atom. The average molecular weight is 319 g/mol. The lowest BCUT2D eigenvalue weighted by Crippen LogP contribution is -2.40. The van der Waals surface area contributed by atoms with Crippen LogP contribution in [0.1, 0.15) is 51.3 Å². The fraction of sp³-hybridized carbons (Fsp3) is 0.765. The standard InChI is InChI=1S/C17H29N5O/c1-4-13(2)22-14(3)15(11-19-22)20-16(23)21-10-7-17(12-21)5-8-18-9-6-17/h11,13,18H,4-10,12H2,1-3H3,(H,20,23). The minimum Gasteiger partial charge on any atom is -0.324 e. The summed E-state index contributed by atoms with van der Waals surface area (Å²) in [5, 5.41) is 10.9. The van der Waals surface area contributed by atoms with Gasteiger partial charge < -0.3 is 15.5 Å². The van der Waals surface area contributed by atoms with Crippen molar-refractivity contribution in [1.29, 1.82) is 0 Å². The molecule has 0 radical (unpaired) electrons. The monoisotopic (exact) mass is 319 g/mol. The van der Waals surface area contributed by atoms with Crippen molar-refractivity contribution in [2.24, 2.45) is 5.41 Å². The zero-order valence-corrected chi connectivity index (χ0v) is 14.6. The Bertz CT molecular complexity index is 561. The first kappa shape index (κ1) is 16.3. The molecule has 3 rings (SSSR count). The number of likely N-dealkylation sites (tertiary alicyclic amines) is 1. The molecule has 128 valence electrons. The number of anilines is 1. The molecule has 2 aliphatic heterocycles. The first-order chi connectivity index (χ1) is 11.0. The van der Waals surface area contributed by atoms with E-state index in [1.165, 1.54) is 12.8 Å². The molecule has 1 atom stereocenters. The van der Waals surface area contributed by atoms with Gasteiger partial charge in [0.15, 0.2) is 0 Å². The Hall–Kier alpha value is -1.56. The molecule has 0 aromatic carbocycles. The summed E-state index contributed by atoms with van der Waals surface area (Å²) in [5.41, 5.74) is 2.21. The molecule has 2 fully saturated rings. The zero-order chi connectivity index (χ0) is 16.4. The number of urea groups is 1. The molecule has 6 heteroatoms. The third-order valence-electron chi connectivity index (χ3n) is 5.68. The number of aromatic nitrogens is 2. The van der Waals surface area contributed by atoms with E-state index in [9.17, 15) is 4.79 Å². The van der Waals surface area contributed by atoms with Crippen molar-refractivity contribution in [3.8, 4) is 0 Å². The molecule has 0 bridgehead atoms. The highest BCUT2D eigenvalue weighted by Gasteiger charge is 2.40. The molecule has 1 aromatic heterocycles. The molecule has 6 nitrogen and oxygen atoms in total. The number of nitrogens with one attached hydrogen (secondary N) is 2. The molecule has 2 aliphatic rings. The van der Waals surface area contributed by atoms with Gasteiger partial charge in [0, 0.05) is 19.1 Å². The highest BCUT2D eigenvalue weighted by atomic mass is 16.2. The van der Waals surface area contributed by atoms with Crippen molar-refractivity contribution in [2.45, 2.75) is 52.5 Å². The van der Waals surface area contributed by atoms with Gasteiger partial charge in [0.2, 0.25) is 0 Å². The molecule has 2 saturated heterocycles. The largest absolute Gasteiger partial charge is 0.324 e. The quantitative estimate of drug-likeness (QED) is 0.900. The maximum Gasteiger partial charge on any atom is 0.321 e. The van der Waals surface area contributed by atoms with Crippen LogP contribution in [0.4, 0.5) is 10.5 Å². The van der Waals surface area contributed by atoms with E-state index >= 15 is 0 Å². The summed E-state index contributed by atoms with van der Waals surface area (Å²) in [7, 11) is 0. The van der Waals surface area contributed by atoms with Crippen molar-refractivity contribution >= 4 is 11.7 Å². The SMILES string of the molecule is CCC(C)n1ncc(NC(=O)N2CCC3(CCNCC3)C2)c1C. The molecule has 1 unspecified atom stereocenters. The fourth-order valence-corrected chi connectivity index (χ4v) is 3.83. The summed E-state index contributed by atoms with van der Waals surface area (Å²) >= 11 is 0. The van der Waals surface area contributed by atoms with E-state index in [0.717, 1.165) is 50.4 Å². The number of hydrogen-bond acceptors (Lipinski definition) is 3. The van der Waals surface area contributed by atoms with Gasteiger partial charge in [0.1, 0.15) is 0 Å². The van der Waals surface area contributed by atoms with Crippen LogP contribution in [0, 0.1) is 12.3 Å². The maximum atomic E-state index is 12.6. The van der Waals surface area contributed by atoms with Crippen LogP contribution in [-0.4, -0.2) is 46.9 Å². The molecular weight excluding hydrogens is 290 g/mol. The number of nitrogens with zero attached hydrogens (tertiary/aromatic N) is 3. The molecule has 3 heterocycles. The van der Waals surface area contributed by atoms with Gasteiger partial charge >= 0.3 is 6.03 Å². The zero-order valence-electron chi connectivity index (χ0n) is 14.6. The highest BCUT2D eigenvalue weighted by molar-refractivity contribution is 5.90. The molecule has 2 amide bonds. The van der Waals surface area contributed by atoms with Gasteiger partial charge in [0.25, 0.3) is 0 Å². The summed E-state index contributed by atoms with van der Waals surface area (Å²) in [6, 6.07) is 0.373. The summed E-state index contributed by atoms with van der Waals surface area (Å²) in [4.78, 5) is 14.6. The lowest BCUT2D eigenvalue weighted by Gasteiger charge is -2.33. The Kier molecular flexibility index (Phi) is 4.62. The van der Waals surface area contributed by atoms with Crippen LogP contribution in [0.25, 0.3) is 0 Å². The van der Waals surface area contributed by atoms with Gasteiger partial charge in [-0.1, -0.05) is 6.92 Å². The van der Waals surface area contributed by atoms with E-state index in [-0.39, 0.29) is 6.03 Å². The van der Waals surface area contributed by atoms with Crippen molar-refractivity contribution in [2.75, 3.05) is 31.5 Å². The minimum absolute atomic E-state index is 0.0206. The molecule has 0 aliphatic carbocycles. The van der Waals surface area contributed by atoms with Crippen LogP contribution in [0.3, 0.4) is 0 Å². The van der Waals surface area contributed by atoms with Crippen LogP contribution < -0.4 is 10.6 Å². The lowest BCUT2D eigenvalue weighted by molar-refractivity contribution is 0.191. The molecule has 23 heavy (non-hydrogen) atoms. The number of piperidine rings is 1. The van der Waals surface area contributed by atoms with E-state index in [1.54, 1.807) is 6.20 Å². The molecular formula is C17H29N5O. The lowest BCUT2D eigenvalue weighted by atomic mass is 9.78. The number of rotatable bonds is 3. The van der Waals surface area contributed by atoms with Crippen LogP contribution in [0.2, 0.25) is 0 Å². The van der Waals surface area contributed by atoms with Gasteiger partial charge in [-0.25, -0.2) is 4.79 Å². The molecule has 1 spiro atoms. The number of hydrogen-bond donors (Lipinski definition) is 2. The van der Waals surface area contributed by atoms with E-state index < -0.39 is 0 Å². The Balaban J connectivity index is 1.63. The number of carbonyl (C=O) groups is 1. The topological polar surface area (TPSA) is 62.2 Å². The molecule has 2 N–H and O–H groups in total. The van der Waals surface area contributed by atoms with Crippen LogP contribution >= 0.6 is 0 Å². The van der Waals surface area contributed by atoms with Crippen molar-refractivity contribution in [3.63, 3.8) is 0 Å². The maximum absolute atomic E-state index is 12.6. The second kappa shape index (κ2) is 6.51. The number of amides is 2. The Morgan fingerprint density at radius 1 is 1.43 bits per heavy atom. The summed E-state index contributed by atoms with van der Waals surface area (Å²) in [5.74, 6) is 0. The second-order valence-electron chi connectivity index (χ2n) is 7.20. The third-order valence-corrected chi connectivity index (χ3v) is 5.68. The van der Waals surface area contributed by atoms with E-state index in [2.05, 4.69) is 29.6 Å². The van der Waals surface area contributed by atoms with Gasteiger partial charge in [0.05, 0.1) is 17.6 Å². The first-order valence-electron chi connectivity index (χ1n) is 8.85. The average Bonchev–Trinajstić information content (AvgIpc) is 3.13. The van der Waals surface area contributed by atoms with Crippen LogP contribution in [0.5, 0.6) is 0 Å². The summed E-state index contributed by atoms with van der Waals surface area (Å²) < 4.78 is 1.99. The highest BCUT2D eigenvalue weighted by Crippen LogP contribution is 2.38. The Morgan fingerprint density at radius 3 is 2.87 bits per heavy atom. The van der Waals surface area contributed by atoms with Gasteiger partial charge in [-0.05, 0) is 58.0 Å².